The Bertz CT molecular complexity index is 1730. The number of carbonyl (C=O) groups excluding carboxylic acids is 2. The third-order valence-electron chi connectivity index (χ3n) is 8.28. The van der Waals surface area contributed by atoms with Gasteiger partial charge in [0.1, 0.15) is 28.9 Å². The molecule has 10 nitrogen and oxygen atoms in total. The molecule has 0 spiro atoms. The number of ether oxygens (including phenoxy) is 3. The van der Waals surface area contributed by atoms with Gasteiger partial charge in [-0.2, -0.15) is 0 Å². The van der Waals surface area contributed by atoms with Crippen molar-refractivity contribution in [2.45, 2.75) is 77.2 Å². The SMILES string of the molecule is COc1ccc(CN(C)Cc2c(F)c(N[C@@H]3CCCCC3NC(=O)OC(C)(C)C)nc(-c3coc4ccccc34)c2C=O)c(OC)c1. The number of aldehydes is 1. The Hall–Kier alpha value is -4.64. The summed E-state index contributed by atoms with van der Waals surface area (Å²) in [6.45, 7) is 5.92. The Morgan fingerprint density at radius 1 is 1.09 bits per heavy atom. The number of para-hydroxylation sites is 1. The van der Waals surface area contributed by atoms with Gasteiger partial charge in [0.25, 0.3) is 0 Å². The summed E-state index contributed by atoms with van der Waals surface area (Å²) in [4.78, 5) is 32.1. The predicted molar refractivity (Wildman–Crippen MR) is 179 cm³/mol. The van der Waals surface area contributed by atoms with E-state index in [1.54, 1.807) is 47.3 Å². The number of rotatable bonds is 11. The van der Waals surface area contributed by atoms with E-state index in [4.69, 9.17) is 23.6 Å². The number of hydrogen-bond donors (Lipinski definition) is 2. The van der Waals surface area contributed by atoms with Crippen LogP contribution in [0.15, 0.2) is 53.1 Å². The lowest BCUT2D eigenvalue weighted by atomic mass is 9.90. The molecule has 0 radical (unpaired) electrons. The van der Waals surface area contributed by atoms with Crippen molar-refractivity contribution in [1.29, 1.82) is 0 Å². The van der Waals surface area contributed by atoms with E-state index in [-0.39, 0.29) is 35.6 Å². The first-order chi connectivity index (χ1) is 22.5. The van der Waals surface area contributed by atoms with Crippen molar-refractivity contribution in [3.8, 4) is 22.8 Å². The molecule has 2 aromatic heterocycles. The largest absolute Gasteiger partial charge is 0.497 e. The van der Waals surface area contributed by atoms with Crippen LogP contribution in [0, 0.1) is 5.82 Å². The second-order valence-electron chi connectivity index (χ2n) is 12.9. The van der Waals surface area contributed by atoms with Gasteiger partial charge in [-0.3, -0.25) is 9.69 Å². The van der Waals surface area contributed by atoms with Crippen molar-refractivity contribution >= 4 is 29.2 Å². The third kappa shape index (κ3) is 7.85. The van der Waals surface area contributed by atoms with Gasteiger partial charge >= 0.3 is 6.09 Å². The summed E-state index contributed by atoms with van der Waals surface area (Å²) in [5, 5.41) is 7.04. The molecule has 1 fully saturated rings. The highest BCUT2D eigenvalue weighted by molar-refractivity contribution is 5.99. The average Bonchev–Trinajstić information content (AvgIpc) is 3.47. The molecule has 0 saturated heterocycles. The highest BCUT2D eigenvalue weighted by atomic mass is 19.1. The Labute approximate surface area is 274 Å². The quantitative estimate of drug-likeness (QED) is 0.162. The number of nitrogens with one attached hydrogen (secondary N) is 2. The molecule has 1 unspecified atom stereocenters. The number of furan rings is 1. The molecule has 11 heteroatoms. The van der Waals surface area contributed by atoms with Crippen LogP contribution in [0.4, 0.5) is 15.0 Å². The summed E-state index contributed by atoms with van der Waals surface area (Å²) in [5.74, 6) is 0.672. The van der Waals surface area contributed by atoms with Crippen LogP contribution in [-0.4, -0.2) is 61.2 Å². The van der Waals surface area contributed by atoms with Crippen molar-refractivity contribution in [3.63, 3.8) is 0 Å². The molecule has 1 aliphatic rings. The molecular formula is C36H43FN4O6. The second kappa shape index (κ2) is 14.4. The van der Waals surface area contributed by atoms with E-state index in [1.165, 1.54) is 0 Å². The highest BCUT2D eigenvalue weighted by Crippen LogP contribution is 2.36. The molecule has 1 aliphatic carbocycles. The molecule has 0 bridgehead atoms. The fraction of sp³-hybridized carbons (Fsp3) is 0.417. The van der Waals surface area contributed by atoms with E-state index < -0.39 is 17.5 Å². The fourth-order valence-corrected chi connectivity index (χ4v) is 6.08. The Morgan fingerprint density at radius 2 is 1.83 bits per heavy atom. The van der Waals surface area contributed by atoms with Crippen molar-refractivity contribution in [1.82, 2.24) is 15.2 Å². The van der Waals surface area contributed by atoms with Gasteiger partial charge in [-0.25, -0.2) is 14.2 Å². The lowest BCUT2D eigenvalue weighted by molar-refractivity contribution is 0.0488. The summed E-state index contributed by atoms with van der Waals surface area (Å²) in [5.41, 5.74) is 2.07. The molecule has 2 atom stereocenters. The second-order valence-corrected chi connectivity index (χ2v) is 12.9. The van der Waals surface area contributed by atoms with Gasteiger partial charge in [0.05, 0.1) is 26.0 Å². The van der Waals surface area contributed by atoms with Crippen LogP contribution in [0.25, 0.3) is 22.2 Å². The topological polar surface area (TPSA) is 115 Å². The number of methoxy groups -OCH3 is 2. The molecule has 2 N–H and O–H groups in total. The van der Waals surface area contributed by atoms with Gasteiger partial charge < -0.3 is 29.3 Å². The zero-order valence-electron chi connectivity index (χ0n) is 27.8. The number of aromatic nitrogens is 1. The fourth-order valence-electron chi connectivity index (χ4n) is 6.08. The summed E-state index contributed by atoms with van der Waals surface area (Å²) in [7, 11) is 5.02. The van der Waals surface area contributed by atoms with Crippen molar-refractivity contribution in [3.05, 3.63) is 71.2 Å². The van der Waals surface area contributed by atoms with Crippen LogP contribution in [0.3, 0.4) is 0 Å². The molecule has 4 aromatic rings. The minimum atomic E-state index is -0.654. The monoisotopic (exact) mass is 646 g/mol. The number of nitrogens with zero attached hydrogens (tertiary/aromatic N) is 2. The average molecular weight is 647 g/mol. The van der Waals surface area contributed by atoms with Crippen molar-refractivity contribution in [2.75, 3.05) is 26.6 Å². The minimum absolute atomic E-state index is 0.00389. The summed E-state index contributed by atoms with van der Waals surface area (Å²) in [6.07, 6.45) is 4.87. The van der Waals surface area contributed by atoms with E-state index in [1.807, 2.05) is 48.3 Å². The van der Waals surface area contributed by atoms with Crippen LogP contribution >= 0.6 is 0 Å². The molecule has 1 saturated carbocycles. The van der Waals surface area contributed by atoms with Crippen LogP contribution in [0.1, 0.15) is 67.9 Å². The van der Waals surface area contributed by atoms with Gasteiger partial charge in [-0.05, 0) is 52.8 Å². The maximum atomic E-state index is 16.7. The Balaban J connectivity index is 1.53. The molecular weight excluding hydrogens is 603 g/mol. The number of alkyl carbamates (subject to hydrolysis) is 1. The van der Waals surface area contributed by atoms with E-state index in [2.05, 4.69) is 10.6 Å². The van der Waals surface area contributed by atoms with Gasteiger partial charge in [-0.15, -0.1) is 0 Å². The number of carbonyl (C=O) groups is 2. The third-order valence-corrected chi connectivity index (χ3v) is 8.28. The first-order valence-electron chi connectivity index (χ1n) is 15.8. The molecule has 2 heterocycles. The number of benzene rings is 2. The molecule has 250 valence electrons. The van der Waals surface area contributed by atoms with Crippen LogP contribution in [0.2, 0.25) is 0 Å². The summed E-state index contributed by atoms with van der Waals surface area (Å²) >= 11 is 0. The number of anilines is 1. The maximum absolute atomic E-state index is 16.7. The summed E-state index contributed by atoms with van der Waals surface area (Å²) in [6, 6.07) is 12.3. The van der Waals surface area contributed by atoms with Gasteiger partial charge in [0.2, 0.25) is 0 Å². The van der Waals surface area contributed by atoms with E-state index >= 15 is 4.39 Å². The Morgan fingerprint density at radius 3 is 2.53 bits per heavy atom. The molecule has 0 aliphatic heterocycles. The van der Waals surface area contributed by atoms with Crippen molar-refractivity contribution < 1.29 is 32.6 Å². The van der Waals surface area contributed by atoms with Crippen LogP contribution in [0.5, 0.6) is 11.5 Å². The lowest BCUT2D eigenvalue weighted by Gasteiger charge is -2.34. The summed E-state index contributed by atoms with van der Waals surface area (Å²) < 4.78 is 38.9. The van der Waals surface area contributed by atoms with Crippen molar-refractivity contribution in [2.24, 2.45) is 0 Å². The Kier molecular flexibility index (Phi) is 10.3. The first-order valence-corrected chi connectivity index (χ1v) is 15.8. The number of hydrogen-bond acceptors (Lipinski definition) is 9. The lowest BCUT2D eigenvalue weighted by Crippen LogP contribution is -2.50. The normalized spacial score (nSPS) is 16.6. The number of fused-ring (bicyclic) bond motifs is 1. The zero-order valence-corrected chi connectivity index (χ0v) is 27.8. The maximum Gasteiger partial charge on any atom is 0.407 e. The molecule has 5 rings (SSSR count). The van der Waals surface area contributed by atoms with Gasteiger partial charge in [0, 0.05) is 52.8 Å². The van der Waals surface area contributed by atoms with E-state index in [0.29, 0.717) is 54.0 Å². The smallest absolute Gasteiger partial charge is 0.407 e. The molecule has 47 heavy (non-hydrogen) atoms. The van der Waals surface area contributed by atoms with E-state index in [0.717, 1.165) is 23.8 Å². The van der Waals surface area contributed by atoms with Gasteiger partial charge in [-0.1, -0.05) is 37.1 Å². The molecule has 1 amide bonds. The van der Waals surface area contributed by atoms with Gasteiger partial charge in [0.15, 0.2) is 17.9 Å². The number of halogens is 1. The highest BCUT2D eigenvalue weighted by Gasteiger charge is 2.31. The minimum Gasteiger partial charge on any atom is -0.497 e. The first kappa shape index (κ1) is 33.7. The predicted octanol–water partition coefficient (Wildman–Crippen LogP) is 7.34. The van der Waals surface area contributed by atoms with Crippen LogP contribution < -0.4 is 20.1 Å². The molecule has 2 aromatic carbocycles. The number of amides is 1. The zero-order chi connectivity index (χ0) is 33.7. The number of pyridine rings is 1. The standard InChI is InChI=1S/C36H43FN4O6/c1-36(2,3)47-35(43)39-29-13-9-8-12-28(29)38-34-32(37)25(19-41(4)18-22-15-16-23(44-5)17-31(22)45-6)26(20-42)33(40-34)27-21-46-30-14-10-7-11-24(27)30/h7,10-11,14-17,20-21,28-29H,8-9,12-13,18-19H2,1-6H3,(H,38,40)(H,39,43)/t28-,29?/m1/s1. The van der Waals surface area contributed by atoms with Crippen LogP contribution in [-0.2, 0) is 17.8 Å². The van der Waals surface area contributed by atoms with E-state index in [9.17, 15) is 9.59 Å².